The number of carbonyl (C=O) groups excluding carboxylic acids is 2. The Morgan fingerprint density at radius 1 is 1.00 bits per heavy atom. The van der Waals surface area contributed by atoms with Crippen molar-refractivity contribution >= 4 is 11.8 Å². The van der Waals surface area contributed by atoms with Gasteiger partial charge in [0.1, 0.15) is 6.04 Å². The highest BCUT2D eigenvalue weighted by molar-refractivity contribution is 5.89. The average molecular weight is 294 g/mol. The van der Waals surface area contributed by atoms with Crippen LogP contribution in [0.5, 0.6) is 0 Å². The quantitative estimate of drug-likeness (QED) is 0.756. The van der Waals surface area contributed by atoms with Gasteiger partial charge in [0.25, 0.3) is 0 Å². The molecule has 0 N–H and O–H groups in total. The molecule has 2 rings (SSSR count). The van der Waals surface area contributed by atoms with Gasteiger partial charge in [0.05, 0.1) is 0 Å². The molecule has 0 bridgehead atoms. The monoisotopic (exact) mass is 294 g/mol. The highest BCUT2D eigenvalue weighted by Gasteiger charge is 2.38. The fourth-order valence-electron chi connectivity index (χ4n) is 3.76. The maximum absolute atomic E-state index is 12.8. The van der Waals surface area contributed by atoms with Gasteiger partial charge in [-0.3, -0.25) is 9.59 Å². The number of hydrogen-bond acceptors (Lipinski definition) is 2. The van der Waals surface area contributed by atoms with E-state index in [9.17, 15) is 9.59 Å². The van der Waals surface area contributed by atoms with Crippen LogP contribution in [0.25, 0.3) is 0 Å². The lowest BCUT2D eigenvalue weighted by Gasteiger charge is -2.30. The van der Waals surface area contributed by atoms with Crippen molar-refractivity contribution in [3.63, 3.8) is 0 Å². The Morgan fingerprint density at radius 2 is 1.62 bits per heavy atom. The van der Waals surface area contributed by atoms with E-state index in [2.05, 4.69) is 13.8 Å². The van der Waals surface area contributed by atoms with Crippen molar-refractivity contribution in [2.45, 2.75) is 71.3 Å². The second-order valence-electron chi connectivity index (χ2n) is 6.50. The summed E-state index contributed by atoms with van der Waals surface area (Å²) in [5.74, 6) is 0.547. The second-order valence-corrected chi connectivity index (χ2v) is 6.50. The Bertz CT molecular complexity index is 358. The first-order valence-electron chi connectivity index (χ1n) is 8.78. The van der Waals surface area contributed by atoms with Crippen molar-refractivity contribution in [1.29, 1.82) is 0 Å². The summed E-state index contributed by atoms with van der Waals surface area (Å²) in [6, 6.07) is -0.174. The van der Waals surface area contributed by atoms with E-state index in [0.717, 1.165) is 71.0 Å². The van der Waals surface area contributed by atoms with Crippen LogP contribution in [0.15, 0.2) is 0 Å². The van der Waals surface area contributed by atoms with Crippen molar-refractivity contribution < 1.29 is 9.59 Å². The van der Waals surface area contributed by atoms with Crippen LogP contribution in [0.4, 0.5) is 0 Å². The summed E-state index contributed by atoms with van der Waals surface area (Å²) in [6.07, 6.45) is 8.03. The Labute approximate surface area is 128 Å². The van der Waals surface area contributed by atoms with E-state index in [0.29, 0.717) is 0 Å². The first-order chi connectivity index (χ1) is 10.2. The zero-order valence-electron chi connectivity index (χ0n) is 13.6. The van der Waals surface area contributed by atoms with Crippen molar-refractivity contribution in [2.24, 2.45) is 5.92 Å². The van der Waals surface area contributed by atoms with E-state index in [-0.39, 0.29) is 23.8 Å². The zero-order chi connectivity index (χ0) is 15.2. The van der Waals surface area contributed by atoms with Crippen molar-refractivity contribution in [3.8, 4) is 0 Å². The van der Waals surface area contributed by atoms with Gasteiger partial charge in [-0.15, -0.1) is 0 Å². The van der Waals surface area contributed by atoms with Gasteiger partial charge in [0.15, 0.2) is 0 Å². The largest absolute Gasteiger partial charge is 0.341 e. The van der Waals surface area contributed by atoms with Crippen LogP contribution in [0.3, 0.4) is 0 Å². The lowest BCUT2D eigenvalue weighted by molar-refractivity contribution is -0.145. The van der Waals surface area contributed by atoms with Gasteiger partial charge in [-0.2, -0.15) is 0 Å². The van der Waals surface area contributed by atoms with Gasteiger partial charge in [0, 0.05) is 25.6 Å². The molecule has 0 aromatic heterocycles. The van der Waals surface area contributed by atoms with Gasteiger partial charge in [-0.05, 0) is 38.5 Å². The maximum atomic E-state index is 12.8. The van der Waals surface area contributed by atoms with Crippen LogP contribution >= 0.6 is 0 Å². The maximum Gasteiger partial charge on any atom is 0.245 e. The number of rotatable bonds is 6. The fourth-order valence-corrected chi connectivity index (χ4v) is 3.76. The third-order valence-corrected chi connectivity index (χ3v) is 4.86. The smallest absolute Gasteiger partial charge is 0.245 e. The topological polar surface area (TPSA) is 40.6 Å². The van der Waals surface area contributed by atoms with E-state index in [1.165, 1.54) is 0 Å². The third-order valence-electron chi connectivity index (χ3n) is 4.86. The fraction of sp³-hybridized carbons (Fsp3) is 0.882. The molecular formula is C17H30N2O2. The summed E-state index contributed by atoms with van der Waals surface area (Å²) in [4.78, 5) is 29.3. The van der Waals surface area contributed by atoms with Gasteiger partial charge >= 0.3 is 0 Å². The number of likely N-dealkylation sites (tertiary alicyclic amines) is 2. The number of nitrogens with zero attached hydrogens (tertiary/aromatic N) is 2. The number of amides is 2. The lowest BCUT2D eigenvalue weighted by Crippen LogP contribution is -2.48. The van der Waals surface area contributed by atoms with E-state index in [4.69, 9.17) is 0 Å². The number of carbonyl (C=O) groups is 2. The van der Waals surface area contributed by atoms with E-state index >= 15 is 0 Å². The summed E-state index contributed by atoms with van der Waals surface area (Å²) in [5, 5.41) is 0. The molecule has 2 heterocycles. The molecule has 0 saturated carbocycles. The molecule has 1 atom stereocenters. The molecule has 120 valence electrons. The van der Waals surface area contributed by atoms with Gasteiger partial charge in [-0.1, -0.05) is 26.7 Å². The molecular weight excluding hydrogens is 264 g/mol. The minimum atomic E-state index is -0.174. The molecule has 4 nitrogen and oxygen atoms in total. The molecule has 2 aliphatic heterocycles. The Balaban J connectivity index is 2.02. The normalized spacial score (nSPS) is 22.3. The van der Waals surface area contributed by atoms with E-state index < -0.39 is 0 Å². The highest BCUT2D eigenvalue weighted by Crippen LogP contribution is 2.26. The van der Waals surface area contributed by atoms with Crippen LogP contribution in [0.2, 0.25) is 0 Å². The predicted molar refractivity (Wildman–Crippen MR) is 83.9 cm³/mol. The summed E-state index contributed by atoms with van der Waals surface area (Å²) in [7, 11) is 0. The Kier molecular flexibility index (Phi) is 6.07. The average Bonchev–Trinajstić information content (AvgIpc) is 3.16. The standard InChI is InChI=1S/C17H30N2O2/c1-3-8-14(9-4-2)16(20)19-13-7-10-15(19)17(21)18-11-5-6-12-18/h14-15H,3-13H2,1-2H3/t15-/m1/s1. The molecule has 0 spiro atoms. The van der Waals surface area contributed by atoms with Crippen LogP contribution in [0.1, 0.15) is 65.2 Å². The Hall–Kier alpha value is -1.06. The van der Waals surface area contributed by atoms with Crippen LogP contribution in [0, 0.1) is 5.92 Å². The highest BCUT2D eigenvalue weighted by atomic mass is 16.2. The van der Waals surface area contributed by atoms with Gasteiger partial charge < -0.3 is 9.80 Å². The SMILES string of the molecule is CCCC(CCC)C(=O)N1CCC[C@@H]1C(=O)N1CCCC1. The minimum absolute atomic E-state index is 0.118. The summed E-state index contributed by atoms with van der Waals surface area (Å²) in [5.41, 5.74) is 0. The van der Waals surface area contributed by atoms with Crippen molar-refractivity contribution in [2.75, 3.05) is 19.6 Å². The third kappa shape index (κ3) is 3.78. The molecule has 0 unspecified atom stereocenters. The first kappa shape index (κ1) is 16.3. The molecule has 4 heteroatoms. The predicted octanol–water partition coefficient (Wildman–Crippen LogP) is 2.82. The molecule has 2 fully saturated rings. The summed E-state index contributed by atoms with van der Waals surface area (Å²) in [6.45, 7) is 6.79. The molecule has 0 aliphatic carbocycles. The molecule has 0 aromatic rings. The molecule has 2 amide bonds. The summed E-state index contributed by atoms with van der Waals surface area (Å²) >= 11 is 0. The molecule has 2 saturated heterocycles. The van der Waals surface area contributed by atoms with E-state index in [1.807, 2.05) is 9.80 Å². The lowest BCUT2D eigenvalue weighted by atomic mass is 9.96. The van der Waals surface area contributed by atoms with Crippen LogP contribution in [-0.4, -0.2) is 47.3 Å². The Morgan fingerprint density at radius 3 is 2.19 bits per heavy atom. The minimum Gasteiger partial charge on any atom is -0.341 e. The summed E-state index contributed by atoms with van der Waals surface area (Å²) < 4.78 is 0. The molecule has 0 aromatic carbocycles. The second kappa shape index (κ2) is 7.81. The van der Waals surface area contributed by atoms with Crippen LogP contribution in [-0.2, 0) is 9.59 Å². The van der Waals surface area contributed by atoms with Gasteiger partial charge in [0.2, 0.25) is 11.8 Å². The van der Waals surface area contributed by atoms with E-state index in [1.54, 1.807) is 0 Å². The van der Waals surface area contributed by atoms with Crippen LogP contribution < -0.4 is 0 Å². The molecule has 21 heavy (non-hydrogen) atoms. The molecule has 2 aliphatic rings. The first-order valence-corrected chi connectivity index (χ1v) is 8.78. The van der Waals surface area contributed by atoms with Crippen molar-refractivity contribution in [1.82, 2.24) is 9.80 Å². The molecule has 0 radical (unpaired) electrons. The van der Waals surface area contributed by atoms with Crippen molar-refractivity contribution in [3.05, 3.63) is 0 Å². The number of hydrogen-bond donors (Lipinski definition) is 0. The zero-order valence-corrected chi connectivity index (χ0v) is 13.6. The van der Waals surface area contributed by atoms with Gasteiger partial charge in [-0.25, -0.2) is 0 Å².